The number of carboxylic acids is 1. The van der Waals surface area contributed by atoms with Crippen LogP contribution >= 0.6 is 0 Å². The van der Waals surface area contributed by atoms with Crippen molar-refractivity contribution in [2.24, 2.45) is 7.05 Å². The molecule has 0 aliphatic carbocycles. The van der Waals surface area contributed by atoms with Gasteiger partial charge in [0.1, 0.15) is 11.8 Å². The fourth-order valence-corrected chi connectivity index (χ4v) is 4.28. The lowest BCUT2D eigenvalue weighted by atomic mass is 10.2. The molecule has 34 heavy (non-hydrogen) atoms. The minimum absolute atomic E-state index is 0.0665. The summed E-state index contributed by atoms with van der Waals surface area (Å²) in [6.45, 7) is 0.0654. The Labute approximate surface area is 197 Å². The van der Waals surface area contributed by atoms with Gasteiger partial charge in [-0.25, -0.2) is 13.4 Å². The normalized spacial score (nSPS) is 12.1. The first-order valence-electron chi connectivity index (χ1n) is 10.5. The van der Waals surface area contributed by atoms with E-state index in [1.165, 1.54) is 24.3 Å². The number of hydrogen-bond donors (Lipinski definition) is 3. The maximum atomic E-state index is 12.4. The number of ether oxygens (including phenoxy) is 1. The van der Waals surface area contributed by atoms with E-state index in [-0.39, 0.29) is 10.5 Å². The molecule has 0 aliphatic rings. The Morgan fingerprint density at radius 2 is 1.82 bits per heavy atom. The Kier molecular flexibility index (Phi) is 8.39. The number of aryl methyl sites for hydroxylation is 2. The van der Waals surface area contributed by atoms with Gasteiger partial charge in [-0.15, -0.1) is 0 Å². The predicted molar refractivity (Wildman–Crippen MR) is 124 cm³/mol. The van der Waals surface area contributed by atoms with Gasteiger partial charge in [-0.05, 0) is 49.2 Å². The van der Waals surface area contributed by atoms with Crippen LogP contribution in [0.25, 0.3) is 0 Å². The zero-order chi connectivity index (χ0) is 24.6. The first kappa shape index (κ1) is 24.9. The number of carboxylic acid groups (broad SMARTS) is 1. The Morgan fingerprint density at radius 3 is 2.44 bits per heavy atom. The summed E-state index contributed by atoms with van der Waals surface area (Å²) in [4.78, 5) is 28.1. The molecular weight excluding hydrogens is 460 g/mol. The summed E-state index contributed by atoms with van der Waals surface area (Å²) >= 11 is 0. The van der Waals surface area contributed by atoms with Gasteiger partial charge < -0.3 is 19.7 Å². The Balaban J connectivity index is 1.48. The number of rotatable bonds is 12. The van der Waals surface area contributed by atoms with Crippen molar-refractivity contribution < 1.29 is 27.9 Å². The van der Waals surface area contributed by atoms with Crippen LogP contribution < -0.4 is 14.8 Å². The minimum atomic E-state index is -4.05. The predicted octanol–water partition coefficient (Wildman–Crippen LogP) is 1.59. The number of carbonyl (C=O) groups is 2. The van der Waals surface area contributed by atoms with E-state index in [9.17, 15) is 23.1 Å². The van der Waals surface area contributed by atoms with Crippen molar-refractivity contribution in [3.8, 4) is 5.75 Å². The molecule has 1 amide bonds. The fraction of sp³-hybridized carbons (Fsp3) is 0.261. The molecule has 0 unspecified atom stereocenters. The largest absolute Gasteiger partial charge is 0.494 e. The van der Waals surface area contributed by atoms with Crippen LogP contribution in [0.1, 0.15) is 22.5 Å². The molecule has 1 aromatic heterocycles. The van der Waals surface area contributed by atoms with Crippen molar-refractivity contribution in [3.63, 3.8) is 0 Å². The zero-order valence-electron chi connectivity index (χ0n) is 18.5. The molecule has 11 heteroatoms. The summed E-state index contributed by atoms with van der Waals surface area (Å²) in [7, 11) is -2.14. The number of aliphatic carboxylic acids is 1. The lowest BCUT2D eigenvalue weighted by Crippen LogP contribution is -2.48. The molecule has 0 fully saturated rings. The van der Waals surface area contributed by atoms with Gasteiger partial charge in [0.2, 0.25) is 10.0 Å². The number of nitrogens with one attached hydrogen (secondary N) is 2. The molecule has 0 saturated carbocycles. The topological polar surface area (TPSA) is 140 Å². The summed E-state index contributed by atoms with van der Waals surface area (Å²) in [5.41, 5.74) is 1.28. The molecule has 0 radical (unpaired) electrons. The average Bonchev–Trinajstić information content (AvgIpc) is 3.25. The second-order valence-electron chi connectivity index (χ2n) is 7.54. The van der Waals surface area contributed by atoms with Crippen molar-refractivity contribution in [2.75, 3.05) is 13.2 Å². The molecule has 10 nitrogen and oxygen atoms in total. The van der Waals surface area contributed by atoms with Crippen LogP contribution in [-0.4, -0.2) is 54.1 Å². The van der Waals surface area contributed by atoms with Gasteiger partial charge in [-0.1, -0.05) is 18.2 Å². The molecule has 3 aromatic rings. The standard InChI is InChI=1S/C23H26N4O6S/c1-27-15-18(25-16-27)6-5-13-33-19-11-9-17(10-12-19)22(28)24-14-21(23(29)30)26-34(31,32)20-7-3-2-4-8-20/h2-4,7-12,15-16,21,26H,5-6,13-14H2,1H3,(H,24,28)(H,29,30)/t21-/m0/s1. The molecular formula is C23H26N4O6S. The Hall–Kier alpha value is -3.70. The highest BCUT2D eigenvalue weighted by atomic mass is 32.2. The number of sulfonamides is 1. The Morgan fingerprint density at radius 1 is 1.12 bits per heavy atom. The van der Waals surface area contributed by atoms with E-state index in [2.05, 4.69) is 15.0 Å². The number of carbonyl (C=O) groups excluding carboxylic acids is 1. The smallest absolute Gasteiger partial charge is 0.323 e. The zero-order valence-corrected chi connectivity index (χ0v) is 19.4. The highest BCUT2D eigenvalue weighted by Gasteiger charge is 2.26. The van der Waals surface area contributed by atoms with Gasteiger partial charge in [0, 0.05) is 25.4 Å². The van der Waals surface area contributed by atoms with Gasteiger partial charge >= 0.3 is 5.97 Å². The van der Waals surface area contributed by atoms with Crippen LogP contribution in [0.2, 0.25) is 0 Å². The molecule has 180 valence electrons. The molecule has 3 rings (SSSR count). The van der Waals surface area contributed by atoms with E-state index in [0.29, 0.717) is 12.4 Å². The number of aromatic nitrogens is 2. The maximum Gasteiger partial charge on any atom is 0.323 e. The second-order valence-corrected chi connectivity index (χ2v) is 9.26. The van der Waals surface area contributed by atoms with Crippen LogP contribution in [0.3, 0.4) is 0 Å². The summed E-state index contributed by atoms with van der Waals surface area (Å²) in [5.74, 6) is -1.35. The summed E-state index contributed by atoms with van der Waals surface area (Å²) < 4.78 is 34.4. The van der Waals surface area contributed by atoms with Crippen molar-refractivity contribution in [3.05, 3.63) is 78.4 Å². The van der Waals surface area contributed by atoms with Crippen LogP contribution in [0.15, 0.2) is 72.0 Å². The first-order valence-corrected chi connectivity index (χ1v) is 12.0. The summed E-state index contributed by atoms with van der Waals surface area (Å²) in [6, 6.07) is 12.2. The fourth-order valence-electron chi connectivity index (χ4n) is 3.07. The van der Waals surface area contributed by atoms with Crippen molar-refractivity contribution in [1.29, 1.82) is 0 Å². The highest BCUT2D eigenvalue weighted by molar-refractivity contribution is 7.89. The van der Waals surface area contributed by atoms with Crippen LogP contribution in [-0.2, 0) is 28.3 Å². The highest BCUT2D eigenvalue weighted by Crippen LogP contribution is 2.13. The number of hydrogen-bond acceptors (Lipinski definition) is 6. The van der Waals surface area contributed by atoms with Crippen molar-refractivity contribution in [1.82, 2.24) is 19.6 Å². The van der Waals surface area contributed by atoms with E-state index in [4.69, 9.17) is 4.74 Å². The lowest BCUT2D eigenvalue weighted by molar-refractivity contribution is -0.138. The quantitative estimate of drug-likeness (QED) is 0.330. The molecule has 3 N–H and O–H groups in total. The van der Waals surface area contributed by atoms with E-state index >= 15 is 0 Å². The van der Waals surface area contributed by atoms with E-state index in [1.807, 2.05) is 17.8 Å². The molecule has 0 aliphatic heterocycles. The molecule has 0 saturated heterocycles. The Bertz CT molecular complexity index is 1210. The monoisotopic (exact) mass is 486 g/mol. The van der Waals surface area contributed by atoms with Gasteiger partial charge in [-0.3, -0.25) is 9.59 Å². The van der Waals surface area contributed by atoms with Crippen LogP contribution in [0.5, 0.6) is 5.75 Å². The first-order chi connectivity index (χ1) is 16.2. The minimum Gasteiger partial charge on any atom is -0.494 e. The van der Waals surface area contributed by atoms with E-state index in [1.54, 1.807) is 36.7 Å². The van der Waals surface area contributed by atoms with E-state index in [0.717, 1.165) is 18.5 Å². The number of amides is 1. The van der Waals surface area contributed by atoms with Gasteiger partial charge in [-0.2, -0.15) is 4.72 Å². The van der Waals surface area contributed by atoms with Gasteiger partial charge in [0.25, 0.3) is 5.91 Å². The SMILES string of the molecule is Cn1cnc(CCCOc2ccc(C(=O)NC[C@H](NS(=O)(=O)c3ccccc3)C(=O)O)cc2)c1. The molecule has 0 spiro atoms. The number of benzene rings is 2. The molecule has 0 bridgehead atoms. The van der Waals surface area contributed by atoms with Crippen molar-refractivity contribution >= 4 is 21.9 Å². The van der Waals surface area contributed by atoms with E-state index < -0.39 is 34.5 Å². The number of nitrogens with zero attached hydrogens (tertiary/aromatic N) is 2. The van der Waals surface area contributed by atoms with Crippen LogP contribution in [0.4, 0.5) is 0 Å². The maximum absolute atomic E-state index is 12.4. The molecule has 1 heterocycles. The average molecular weight is 487 g/mol. The summed E-state index contributed by atoms with van der Waals surface area (Å²) in [5, 5.41) is 11.8. The van der Waals surface area contributed by atoms with Crippen LogP contribution in [0, 0.1) is 0 Å². The molecule has 1 atom stereocenters. The lowest BCUT2D eigenvalue weighted by Gasteiger charge is -2.16. The van der Waals surface area contributed by atoms with Gasteiger partial charge in [0.05, 0.1) is 23.5 Å². The summed E-state index contributed by atoms with van der Waals surface area (Å²) in [6.07, 6.45) is 5.28. The van der Waals surface area contributed by atoms with Gasteiger partial charge in [0.15, 0.2) is 0 Å². The second kappa shape index (κ2) is 11.4. The third kappa shape index (κ3) is 7.15. The third-order valence-electron chi connectivity index (χ3n) is 4.84. The third-order valence-corrected chi connectivity index (χ3v) is 6.32. The van der Waals surface area contributed by atoms with Crippen molar-refractivity contribution in [2.45, 2.75) is 23.8 Å². The molecule has 2 aromatic carbocycles. The number of imidazole rings is 1.